The average molecular weight is 521 g/mol. The summed E-state index contributed by atoms with van der Waals surface area (Å²) in [7, 11) is 3.79. The molecule has 0 atom stereocenters. The zero-order valence-corrected chi connectivity index (χ0v) is 20.4. The molecule has 2 heterocycles. The van der Waals surface area contributed by atoms with E-state index in [-0.39, 0.29) is 0 Å². The van der Waals surface area contributed by atoms with E-state index >= 15 is 0 Å². The zero-order chi connectivity index (χ0) is 24.8. The second kappa shape index (κ2) is 14.9. The van der Waals surface area contributed by atoms with Gasteiger partial charge in [0.25, 0.3) is 0 Å². The molecule has 4 rings (SSSR count). The van der Waals surface area contributed by atoms with Crippen molar-refractivity contribution in [2.24, 2.45) is 0 Å². The van der Waals surface area contributed by atoms with Gasteiger partial charge in [0.1, 0.15) is 39.6 Å². The molecule has 0 bridgehead atoms. The monoisotopic (exact) mass is 519 g/mol. The molecule has 0 amide bonds. The van der Waals surface area contributed by atoms with E-state index in [9.17, 15) is 0 Å². The van der Waals surface area contributed by atoms with Crippen LogP contribution in [0.5, 0.6) is 17.2 Å². The fourth-order valence-corrected chi connectivity index (χ4v) is 2.92. The summed E-state index contributed by atoms with van der Waals surface area (Å²) in [6.07, 6.45) is 2.74. The Bertz CT molecular complexity index is 1160. The molecule has 0 aliphatic heterocycles. The molecule has 34 heavy (non-hydrogen) atoms. The van der Waals surface area contributed by atoms with Crippen molar-refractivity contribution in [2.75, 3.05) is 14.2 Å². The van der Waals surface area contributed by atoms with Gasteiger partial charge in [-0.2, -0.15) is 0 Å². The minimum Gasteiger partial charge on any atom is -0.535 e. The van der Waals surface area contributed by atoms with Gasteiger partial charge in [-0.3, -0.25) is 0 Å². The number of aromatic nitrogens is 4. The van der Waals surface area contributed by atoms with E-state index in [0.717, 1.165) is 17.0 Å². The summed E-state index contributed by atoms with van der Waals surface area (Å²) in [6, 6.07) is 17.9. The Kier molecular flexibility index (Phi) is 11.9. The van der Waals surface area contributed by atoms with Crippen LogP contribution in [-0.4, -0.2) is 46.9 Å². The molecule has 0 aliphatic carbocycles. The zero-order valence-electron chi connectivity index (χ0n) is 18.1. The van der Waals surface area contributed by atoms with Crippen LogP contribution in [0, 0.1) is 0 Å². The molecule has 0 aliphatic rings. The molecule has 175 valence electrons. The Hall–Kier alpha value is -3.11. The molecule has 0 saturated carbocycles. The molecule has 12 heteroatoms. The Balaban J connectivity index is 0.000000190. The number of para-hydroxylation sites is 3. The number of halogens is 3. The quantitative estimate of drug-likeness (QED) is 0.284. The van der Waals surface area contributed by atoms with Crippen LogP contribution < -0.4 is 14.1 Å². The predicted molar refractivity (Wildman–Crippen MR) is 133 cm³/mol. The highest BCUT2D eigenvalue weighted by atomic mass is 35.5. The lowest BCUT2D eigenvalue weighted by Gasteiger charge is -2.06. The molecular weight excluding hydrogens is 501 g/mol. The Morgan fingerprint density at radius 3 is 1.68 bits per heavy atom. The third-order valence-corrected chi connectivity index (χ3v) is 4.49. The highest BCUT2D eigenvalue weighted by Gasteiger charge is 2.06. The Labute approximate surface area is 212 Å². The van der Waals surface area contributed by atoms with Crippen LogP contribution in [0.3, 0.4) is 0 Å². The summed E-state index contributed by atoms with van der Waals surface area (Å²) < 4.78 is 14.9. The number of hydrogen-bond donors (Lipinski definition) is 1. The lowest BCUT2D eigenvalue weighted by atomic mass is 10.1. The lowest BCUT2D eigenvalue weighted by Crippen LogP contribution is -2.01. The van der Waals surface area contributed by atoms with Crippen LogP contribution in [-0.2, 0) is 0 Å². The van der Waals surface area contributed by atoms with E-state index in [2.05, 4.69) is 19.9 Å². The van der Waals surface area contributed by atoms with Gasteiger partial charge >= 0.3 is 7.69 Å². The number of ether oxygens (including phenoxy) is 2. The molecule has 0 fully saturated rings. The fraction of sp³-hybridized carbons (Fsp3) is 0.0909. The van der Waals surface area contributed by atoms with Crippen LogP contribution in [0.1, 0.15) is 0 Å². The minimum atomic E-state index is 0.366. The van der Waals surface area contributed by atoms with Crippen LogP contribution in [0.4, 0.5) is 0 Å². The van der Waals surface area contributed by atoms with Crippen molar-refractivity contribution in [3.63, 3.8) is 0 Å². The van der Waals surface area contributed by atoms with E-state index in [1.165, 1.54) is 18.7 Å². The fourth-order valence-electron chi connectivity index (χ4n) is 2.42. The Morgan fingerprint density at radius 2 is 1.18 bits per heavy atom. The minimum absolute atomic E-state index is 0.366. The van der Waals surface area contributed by atoms with Gasteiger partial charge in [0.05, 0.1) is 19.9 Å². The van der Waals surface area contributed by atoms with Crippen molar-refractivity contribution in [1.82, 2.24) is 19.9 Å². The van der Waals surface area contributed by atoms with Crippen LogP contribution >= 0.6 is 34.8 Å². The first kappa shape index (κ1) is 27.1. The highest BCUT2D eigenvalue weighted by molar-refractivity contribution is 6.33. The van der Waals surface area contributed by atoms with Crippen molar-refractivity contribution >= 4 is 42.5 Å². The summed E-state index contributed by atoms with van der Waals surface area (Å²) in [5.74, 6) is 1.86. The summed E-state index contributed by atoms with van der Waals surface area (Å²) in [6.45, 7) is 0. The highest BCUT2D eigenvalue weighted by Crippen LogP contribution is 2.28. The van der Waals surface area contributed by atoms with Gasteiger partial charge in [0.2, 0.25) is 0 Å². The maximum absolute atomic E-state index is 8.34. The second-order valence-electron chi connectivity index (χ2n) is 5.96. The molecule has 1 N–H and O–H groups in total. The normalized spacial score (nSPS) is 9.47. The number of rotatable bonds is 5. The maximum Gasteiger partial charge on any atom is 0.569 e. The van der Waals surface area contributed by atoms with Crippen LogP contribution in [0.25, 0.3) is 11.3 Å². The first-order chi connectivity index (χ1) is 16.5. The molecule has 0 saturated heterocycles. The van der Waals surface area contributed by atoms with E-state index in [0.29, 0.717) is 34.6 Å². The number of methoxy groups -OCH3 is 2. The van der Waals surface area contributed by atoms with Gasteiger partial charge in [-0.15, -0.1) is 0 Å². The molecule has 1 radical (unpaired) electrons. The molecule has 8 nitrogen and oxygen atoms in total. The van der Waals surface area contributed by atoms with E-state index in [1.807, 2.05) is 30.3 Å². The van der Waals surface area contributed by atoms with E-state index in [4.69, 9.17) is 54.0 Å². The van der Waals surface area contributed by atoms with Gasteiger partial charge in [-0.05, 0) is 24.3 Å². The molecular formula is C22H19BCl3N4O4. The topological polar surface area (TPSA) is 99.5 Å². The lowest BCUT2D eigenvalue weighted by molar-refractivity contribution is 0.381. The Morgan fingerprint density at radius 1 is 0.676 bits per heavy atom. The van der Waals surface area contributed by atoms with Crippen LogP contribution in [0.15, 0.2) is 73.3 Å². The largest absolute Gasteiger partial charge is 0.569 e. The van der Waals surface area contributed by atoms with Crippen molar-refractivity contribution < 1.29 is 19.2 Å². The third kappa shape index (κ3) is 9.03. The molecule has 2 aromatic heterocycles. The predicted octanol–water partition coefficient (Wildman–Crippen LogP) is 5.19. The summed E-state index contributed by atoms with van der Waals surface area (Å²) in [4.78, 5) is 15.2. The van der Waals surface area contributed by atoms with E-state index < -0.39 is 0 Å². The van der Waals surface area contributed by atoms with Crippen molar-refractivity contribution in [3.8, 4) is 28.5 Å². The average Bonchev–Trinajstić information content (AvgIpc) is 2.85. The van der Waals surface area contributed by atoms with Crippen molar-refractivity contribution in [3.05, 3.63) is 88.8 Å². The first-order valence-corrected chi connectivity index (χ1v) is 10.6. The SMILES string of the molecule is COc1ccccc1-c1cc(Cl)ncn1.COc1ccccc1O[B]O.Clc1cc(Cl)ncn1. The molecule has 0 spiro atoms. The van der Waals surface area contributed by atoms with Gasteiger partial charge in [0, 0.05) is 17.7 Å². The van der Waals surface area contributed by atoms with E-state index in [1.54, 1.807) is 38.5 Å². The standard InChI is InChI=1S/C11H9ClN2O.C7H8BO3.C4H2Cl2N2/c1-15-10-5-3-2-4-8(10)9-6-11(12)14-7-13-9;1-10-6-4-2-3-5-7(6)11-8-9;5-3-1-4(6)8-2-7-3/h2-7H,1H3;2-5,9H,1H3;1-2H. The maximum atomic E-state index is 8.34. The number of nitrogens with zero attached hydrogens (tertiary/aromatic N) is 4. The second-order valence-corrected chi connectivity index (χ2v) is 7.13. The smallest absolute Gasteiger partial charge is 0.535 e. The van der Waals surface area contributed by atoms with Gasteiger partial charge in [0.15, 0.2) is 5.75 Å². The first-order valence-electron chi connectivity index (χ1n) is 9.48. The number of benzene rings is 2. The van der Waals surface area contributed by atoms with Gasteiger partial charge in [-0.25, -0.2) is 19.9 Å². The number of hydrogen-bond acceptors (Lipinski definition) is 8. The van der Waals surface area contributed by atoms with Crippen molar-refractivity contribution in [2.45, 2.75) is 0 Å². The molecule has 2 aromatic carbocycles. The molecule has 4 aromatic rings. The van der Waals surface area contributed by atoms with Crippen molar-refractivity contribution in [1.29, 1.82) is 0 Å². The van der Waals surface area contributed by atoms with Crippen LogP contribution in [0.2, 0.25) is 15.5 Å². The van der Waals surface area contributed by atoms with Gasteiger partial charge in [-0.1, -0.05) is 59.1 Å². The van der Waals surface area contributed by atoms with Gasteiger partial charge < -0.3 is 19.2 Å². The summed E-state index contributed by atoms with van der Waals surface area (Å²) in [5.41, 5.74) is 1.66. The summed E-state index contributed by atoms with van der Waals surface area (Å²) >= 11 is 16.6. The third-order valence-electron chi connectivity index (χ3n) is 3.87. The summed E-state index contributed by atoms with van der Waals surface area (Å²) in [5, 5.41) is 9.49. The molecule has 0 unspecified atom stereocenters.